The van der Waals surface area contributed by atoms with Crippen LogP contribution in [0.3, 0.4) is 0 Å². The van der Waals surface area contributed by atoms with Crippen molar-refractivity contribution in [2.45, 2.75) is 258 Å². The van der Waals surface area contributed by atoms with Crippen LogP contribution in [0, 0.1) is 0 Å². The summed E-state index contributed by atoms with van der Waals surface area (Å²) in [5.74, 6) is -0.832. The Morgan fingerprint density at radius 2 is 0.845 bits per heavy atom. The second-order valence-electron chi connectivity index (χ2n) is 16.7. The maximum atomic E-state index is 12.6. The smallest absolute Gasteiger partial charge is 0.462 e. The average molecular weight is 844 g/mol. The molecule has 3 N–H and O–H groups in total. The molecule has 58 heavy (non-hydrogen) atoms. The van der Waals surface area contributed by atoms with Gasteiger partial charge in [-0.2, -0.15) is 0 Å². The van der Waals surface area contributed by atoms with Crippen LogP contribution >= 0.6 is 7.82 Å². The maximum absolute atomic E-state index is 12.6. The van der Waals surface area contributed by atoms with E-state index >= 15 is 0 Å². The Balaban J connectivity index is 4.02. The van der Waals surface area contributed by atoms with Crippen molar-refractivity contribution in [2.24, 2.45) is 5.73 Å². The molecular formula is C48H94NO8P. The number of unbranched alkanes of at least 4 members (excludes halogenated alkanes) is 32. The Hall–Kier alpha value is -1.25. The number of ether oxygens (including phenoxy) is 2. The van der Waals surface area contributed by atoms with E-state index in [1.54, 1.807) is 0 Å². The predicted octanol–water partition coefficient (Wildman–Crippen LogP) is 14.6. The summed E-state index contributed by atoms with van der Waals surface area (Å²) >= 11 is 0. The van der Waals surface area contributed by atoms with Gasteiger partial charge in [0, 0.05) is 19.4 Å². The first kappa shape index (κ1) is 56.8. The first-order valence-electron chi connectivity index (χ1n) is 24.7. The van der Waals surface area contributed by atoms with Gasteiger partial charge >= 0.3 is 19.8 Å². The topological polar surface area (TPSA) is 134 Å². The second kappa shape index (κ2) is 45.3. The molecule has 0 saturated carbocycles. The summed E-state index contributed by atoms with van der Waals surface area (Å²) in [4.78, 5) is 35.0. The monoisotopic (exact) mass is 844 g/mol. The summed E-state index contributed by atoms with van der Waals surface area (Å²) in [7, 11) is -4.38. The molecule has 10 heteroatoms. The number of allylic oxidation sites excluding steroid dienone is 2. The molecule has 0 radical (unpaired) electrons. The van der Waals surface area contributed by atoms with Gasteiger partial charge in [-0.25, -0.2) is 4.57 Å². The highest BCUT2D eigenvalue weighted by molar-refractivity contribution is 7.47. The average Bonchev–Trinajstić information content (AvgIpc) is 3.21. The van der Waals surface area contributed by atoms with E-state index in [-0.39, 0.29) is 32.6 Å². The molecule has 2 atom stereocenters. The second-order valence-corrected chi connectivity index (χ2v) is 18.1. The Kier molecular flexibility index (Phi) is 44.3. The third-order valence-electron chi connectivity index (χ3n) is 10.9. The first-order valence-corrected chi connectivity index (χ1v) is 26.2. The van der Waals surface area contributed by atoms with Gasteiger partial charge in [-0.1, -0.05) is 212 Å². The Labute approximate surface area is 358 Å². The van der Waals surface area contributed by atoms with E-state index in [9.17, 15) is 19.0 Å². The number of nitrogens with two attached hydrogens (primary N) is 1. The summed E-state index contributed by atoms with van der Waals surface area (Å²) < 4.78 is 32.9. The van der Waals surface area contributed by atoms with Crippen molar-refractivity contribution in [3.8, 4) is 0 Å². The minimum atomic E-state index is -4.38. The largest absolute Gasteiger partial charge is 0.472 e. The maximum Gasteiger partial charge on any atom is 0.472 e. The van der Waals surface area contributed by atoms with Crippen molar-refractivity contribution in [2.75, 3.05) is 26.4 Å². The van der Waals surface area contributed by atoms with Crippen LogP contribution in [0.25, 0.3) is 0 Å². The molecule has 9 nitrogen and oxygen atoms in total. The zero-order valence-electron chi connectivity index (χ0n) is 38.1. The van der Waals surface area contributed by atoms with E-state index in [2.05, 4.69) is 26.0 Å². The fourth-order valence-corrected chi connectivity index (χ4v) is 7.99. The van der Waals surface area contributed by atoms with Crippen LogP contribution in [0.1, 0.15) is 251 Å². The van der Waals surface area contributed by atoms with Gasteiger partial charge in [-0.15, -0.1) is 0 Å². The Morgan fingerprint density at radius 3 is 1.24 bits per heavy atom. The standard InChI is InChI=1S/C48H94NO8P/c1-3-5-7-9-11-13-15-17-19-20-21-22-23-24-25-27-29-31-33-35-37-39-41-48(51)57-46(45-56-58(52,53)55-43-42-49)44-54-47(50)40-38-36-34-32-30-28-26-18-16-14-12-10-8-6-4-2/h28,30,46H,3-27,29,31-45,49H2,1-2H3,(H,52,53)/b30-28+/t46-/m1/s1. The number of carbonyl (C=O) groups is 2. The minimum Gasteiger partial charge on any atom is -0.462 e. The van der Waals surface area contributed by atoms with Gasteiger partial charge in [0.1, 0.15) is 6.61 Å². The lowest BCUT2D eigenvalue weighted by Gasteiger charge is -2.19. The highest BCUT2D eigenvalue weighted by atomic mass is 31.2. The lowest BCUT2D eigenvalue weighted by molar-refractivity contribution is -0.161. The van der Waals surface area contributed by atoms with E-state index in [4.69, 9.17) is 24.3 Å². The number of esters is 2. The van der Waals surface area contributed by atoms with Crippen molar-refractivity contribution in [3.05, 3.63) is 12.2 Å². The van der Waals surface area contributed by atoms with Crippen LogP contribution in [0.4, 0.5) is 0 Å². The molecule has 0 bridgehead atoms. The number of carbonyl (C=O) groups excluding carboxylic acids is 2. The van der Waals surface area contributed by atoms with E-state index in [1.807, 2.05) is 0 Å². The molecule has 0 heterocycles. The Bertz CT molecular complexity index is 964. The zero-order valence-corrected chi connectivity index (χ0v) is 38.9. The summed E-state index contributed by atoms with van der Waals surface area (Å²) in [5.41, 5.74) is 5.36. The fraction of sp³-hybridized carbons (Fsp3) is 0.917. The Morgan fingerprint density at radius 1 is 0.500 bits per heavy atom. The molecule has 1 unspecified atom stereocenters. The van der Waals surface area contributed by atoms with E-state index in [0.717, 1.165) is 38.5 Å². The van der Waals surface area contributed by atoms with Crippen molar-refractivity contribution in [1.82, 2.24) is 0 Å². The van der Waals surface area contributed by atoms with Crippen LogP contribution < -0.4 is 5.73 Å². The summed E-state index contributed by atoms with van der Waals surface area (Å²) in [6, 6.07) is 0. The molecule has 0 aromatic heterocycles. The van der Waals surface area contributed by atoms with E-state index < -0.39 is 32.5 Å². The molecule has 0 aliphatic heterocycles. The lowest BCUT2D eigenvalue weighted by atomic mass is 10.0. The van der Waals surface area contributed by atoms with Gasteiger partial charge in [0.05, 0.1) is 13.2 Å². The minimum absolute atomic E-state index is 0.0546. The predicted molar refractivity (Wildman–Crippen MR) is 243 cm³/mol. The fourth-order valence-electron chi connectivity index (χ4n) is 7.22. The van der Waals surface area contributed by atoms with Crippen molar-refractivity contribution in [1.29, 1.82) is 0 Å². The first-order chi connectivity index (χ1) is 28.3. The van der Waals surface area contributed by atoms with E-state index in [0.29, 0.717) is 12.8 Å². The quantitative estimate of drug-likeness (QED) is 0.0266. The highest BCUT2D eigenvalue weighted by Gasteiger charge is 2.26. The van der Waals surface area contributed by atoms with Gasteiger partial charge in [-0.3, -0.25) is 18.6 Å². The van der Waals surface area contributed by atoms with Crippen LogP contribution in [-0.2, 0) is 32.7 Å². The molecule has 0 aromatic rings. The van der Waals surface area contributed by atoms with Gasteiger partial charge in [0.15, 0.2) is 6.10 Å². The molecule has 0 aliphatic rings. The molecular weight excluding hydrogens is 750 g/mol. The summed E-state index contributed by atoms with van der Waals surface area (Å²) in [6.45, 7) is 3.76. The number of rotatable bonds is 47. The van der Waals surface area contributed by atoms with Crippen molar-refractivity contribution >= 4 is 19.8 Å². The molecule has 0 fully saturated rings. The van der Waals surface area contributed by atoms with Crippen LogP contribution in [0.2, 0.25) is 0 Å². The number of hydrogen-bond acceptors (Lipinski definition) is 8. The third-order valence-corrected chi connectivity index (χ3v) is 11.9. The molecule has 344 valence electrons. The number of hydrogen-bond donors (Lipinski definition) is 2. The third kappa shape index (κ3) is 44.3. The van der Waals surface area contributed by atoms with Crippen LogP contribution in [-0.4, -0.2) is 49.3 Å². The summed E-state index contributed by atoms with van der Waals surface area (Å²) in [5, 5.41) is 0. The van der Waals surface area contributed by atoms with Crippen molar-refractivity contribution in [3.63, 3.8) is 0 Å². The molecule has 0 saturated heterocycles. The van der Waals surface area contributed by atoms with Gasteiger partial charge < -0.3 is 20.1 Å². The van der Waals surface area contributed by atoms with Crippen molar-refractivity contribution < 1.29 is 37.6 Å². The lowest BCUT2D eigenvalue weighted by Crippen LogP contribution is -2.29. The molecule has 0 aliphatic carbocycles. The normalized spacial score (nSPS) is 13.2. The van der Waals surface area contributed by atoms with Gasteiger partial charge in [-0.05, 0) is 38.5 Å². The number of phosphoric acid groups is 1. The highest BCUT2D eigenvalue weighted by Crippen LogP contribution is 2.43. The van der Waals surface area contributed by atoms with Gasteiger partial charge in [0.25, 0.3) is 0 Å². The zero-order chi connectivity index (χ0) is 42.5. The molecule has 0 spiro atoms. The number of phosphoric ester groups is 1. The molecule has 0 aromatic carbocycles. The van der Waals surface area contributed by atoms with Crippen LogP contribution in [0.5, 0.6) is 0 Å². The van der Waals surface area contributed by atoms with Gasteiger partial charge in [0.2, 0.25) is 0 Å². The molecule has 0 amide bonds. The molecule has 0 rings (SSSR count). The van der Waals surface area contributed by atoms with Crippen LogP contribution in [0.15, 0.2) is 12.2 Å². The summed E-state index contributed by atoms with van der Waals surface area (Å²) in [6.07, 6.45) is 48.2. The SMILES string of the molecule is CCCCCCCCCC/C=C/CCCCCC(=O)OC[C@H](COP(=O)(O)OCCN)OC(=O)CCCCCCCCCCCCCCCCCCCCCCCC. The van der Waals surface area contributed by atoms with E-state index in [1.165, 1.54) is 173 Å².